The SMILES string of the molecule is CCc1cc(N2CCOCC2)nc(C2CCN(C(=O)c3ccnn3C)CC2)n1. The molecule has 4 rings (SSSR count). The van der Waals surface area contributed by atoms with Crippen LogP contribution < -0.4 is 4.90 Å². The number of aromatic nitrogens is 4. The predicted octanol–water partition coefficient (Wildman–Crippen LogP) is 1.63. The number of likely N-dealkylation sites (tertiary alicyclic amines) is 1. The quantitative estimate of drug-likeness (QED) is 0.797. The standard InChI is InChI=1S/C20H28N6O2/c1-3-16-14-18(25-10-12-28-13-11-25)23-19(22-16)15-5-8-26(9-6-15)20(27)17-4-7-21-24(17)2/h4,7,14-15H,3,5-6,8-13H2,1-2H3. The lowest BCUT2D eigenvalue weighted by molar-refractivity contribution is 0.0700. The summed E-state index contributed by atoms with van der Waals surface area (Å²) < 4.78 is 7.10. The van der Waals surface area contributed by atoms with Crippen molar-refractivity contribution in [1.29, 1.82) is 0 Å². The van der Waals surface area contributed by atoms with E-state index in [2.05, 4.69) is 23.0 Å². The van der Waals surface area contributed by atoms with Crippen LogP contribution in [0, 0.1) is 0 Å². The number of carbonyl (C=O) groups excluding carboxylic acids is 1. The fourth-order valence-corrected chi connectivity index (χ4v) is 3.91. The van der Waals surface area contributed by atoms with Crippen LogP contribution in [-0.2, 0) is 18.2 Å². The van der Waals surface area contributed by atoms with E-state index in [-0.39, 0.29) is 5.91 Å². The first-order valence-electron chi connectivity index (χ1n) is 10.1. The molecule has 1 amide bonds. The molecule has 0 saturated carbocycles. The van der Waals surface area contributed by atoms with Gasteiger partial charge < -0.3 is 14.5 Å². The maximum absolute atomic E-state index is 12.7. The van der Waals surface area contributed by atoms with Crippen molar-refractivity contribution in [3.63, 3.8) is 0 Å². The Morgan fingerprint density at radius 1 is 1.18 bits per heavy atom. The lowest BCUT2D eigenvalue weighted by atomic mass is 9.95. The number of amides is 1. The normalized spacial score (nSPS) is 18.5. The van der Waals surface area contributed by atoms with Gasteiger partial charge in [-0.3, -0.25) is 9.48 Å². The highest BCUT2D eigenvalue weighted by Crippen LogP contribution is 2.28. The molecule has 0 spiro atoms. The van der Waals surface area contributed by atoms with Crippen LogP contribution >= 0.6 is 0 Å². The molecule has 28 heavy (non-hydrogen) atoms. The van der Waals surface area contributed by atoms with E-state index < -0.39 is 0 Å². The Balaban J connectivity index is 1.46. The first-order chi connectivity index (χ1) is 13.7. The molecule has 0 unspecified atom stereocenters. The first kappa shape index (κ1) is 18.9. The third kappa shape index (κ3) is 3.87. The number of hydrogen-bond donors (Lipinski definition) is 0. The third-order valence-electron chi connectivity index (χ3n) is 5.67. The van der Waals surface area contributed by atoms with Gasteiger partial charge in [-0.2, -0.15) is 5.10 Å². The van der Waals surface area contributed by atoms with E-state index in [1.165, 1.54) is 0 Å². The minimum atomic E-state index is 0.0516. The average Bonchev–Trinajstić information content (AvgIpc) is 3.19. The van der Waals surface area contributed by atoms with E-state index in [1.54, 1.807) is 24.0 Å². The summed E-state index contributed by atoms with van der Waals surface area (Å²) in [6, 6.07) is 3.88. The molecule has 2 aliphatic rings. The Labute approximate surface area is 165 Å². The maximum Gasteiger partial charge on any atom is 0.272 e. The molecule has 8 nitrogen and oxygen atoms in total. The minimum absolute atomic E-state index is 0.0516. The molecule has 2 fully saturated rings. The molecule has 2 saturated heterocycles. The Hall–Kier alpha value is -2.48. The summed E-state index contributed by atoms with van der Waals surface area (Å²) in [7, 11) is 1.80. The second-order valence-corrected chi connectivity index (χ2v) is 7.44. The van der Waals surface area contributed by atoms with E-state index in [1.807, 2.05) is 4.90 Å². The van der Waals surface area contributed by atoms with Crippen LogP contribution in [0.3, 0.4) is 0 Å². The molecule has 0 bridgehead atoms. The van der Waals surface area contributed by atoms with Gasteiger partial charge in [-0.05, 0) is 25.3 Å². The largest absolute Gasteiger partial charge is 0.378 e. The van der Waals surface area contributed by atoms with Crippen LogP contribution in [0.4, 0.5) is 5.82 Å². The van der Waals surface area contributed by atoms with Gasteiger partial charge in [-0.1, -0.05) is 6.92 Å². The van der Waals surface area contributed by atoms with Crippen molar-refractivity contribution in [2.24, 2.45) is 7.05 Å². The Morgan fingerprint density at radius 2 is 1.93 bits per heavy atom. The van der Waals surface area contributed by atoms with Crippen molar-refractivity contribution in [2.45, 2.75) is 32.1 Å². The van der Waals surface area contributed by atoms with Crippen molar-refractivity contribution in [3.8, 4) is 0 Å². The van der Waals surface area contributed by atoms with Crippen LogP contribution in [0.25, 0.3) is 0 Å². The van der Waals surface area contributed by atoms with Crippen molar-refractivity contribution in [3.05, 3.63) is 35.5 Å². The van der Waals surface area contributed by atoms with Gasteiger partial charge in [0.2, 0.25) is 0 Å². The summed E-state index contributed by atoms with van der Waals surface area (Å²) in [5.41, 5.74) is 1.72. The zero-order valence-corrected chi connectivity index (χ0v) is 16.7. The molecule has 2 aromatic heterocycles. The van der Waals surface area contributed by atoms with Crippen molar-refractivity contribution in [1.82, 2.24) is 24.6 Å². The van der Waals surface area contributed by atoms with Crippen LogP contribution in [0.15, 0.2) is 18.3 Å². The Morgan fingerprint density at radius 3 is 2.57 bits per heavy atom. The highest BCUT2D eigenvalue weighted by molar-refractivity contribution is 5.92. The summed E-state index contributed by atoms with van der Waals surface area (Å²) in [5, 5.41) is 4.10. The molecule has 0 radical (unpaired) electrons. The number of piperidine rings is 1. The predicted molar refractivity (Wildman–Crippen MR) is 106 cm³/mol. The first-order valence-corrected chi connectivity index (χ1v) is 10.1. The van der Waals surface area contributed by atoms with Crippen LogP contribution in [-0.4, -0.2) is 69.9 Å². The molecular formula is C20H28N6O2. The van der Waals surface area contributed by atoms with E-state index in [4.69, 9.17) is 14.7 Å². The zero-order valence-electron chi connectivity index (χ0n) is 16.7. The van der Waals surface area contributed by atoms with Crippen LogP contribution in [0.5, 0.6) is 0 Å². The molecule has 8 heteroatoms. The molecular weight excluding hydrogens is 356 g/mol. The van der Waals surface area contributed by atoms with E-state index in [0.717, 1.165) is 76.0 Å². The topological polar surface area (TPSA) is 76.4 Å². The van der Waals surface area contributed by atoms with Crippen molar-refractivity contribution in [2.75, 3.05) is 44.3 Å². The lowest BCUT2D eigenvalue weighted by Crippen LogP contribution is -2.39. The van der Waals surface area contributed by atoms with Crippen molar-refractivity contribution >= 4 is 11.7 Å². The third-order valence-corrected chi connectivity index (χ3v) is 5.67. The lowest BCUT2D eigenvalue weighted by Gasteiger charge is -2.32. The molecule has 0 aromatic carbocycles. The summed E-state index contributed by atoms with van der Waals surface area (Å²) in [6.07, 6.45) is 4.33. The fourth-order valence-electron chi connectivity index (χ4n) is 3.91. The maximum atomic E-state index is 12.7. The molecule has 0 atom stereocenters. The monoisotopic (exact) mass is 384 g/mol. The van der Waals surface area contributed by atoms with Gasteiger partial charge >= 0.3 is 0 Å². The number of nitrogens with zero attached hydrogens (tertiary/aromatic N) is 6. The van der Waals surface area contributed by atoms with Gasteiger partial charge in [0.25, 0.3) is 5.91 Å². The average molecular weight is 384 g/mol. The van der Waals surface area contributed by atoms with Gasteiger partial charge in [0.15, 0.2) is 0 Å². The van der Waals surface area contributed by atoms with Crippen molar-refractivity contribution < 1.29 is 9.53 Å². The van der Waals surface area contributed by atoms with E-state index >= 15 is 0 Å². The number of ether oxygens (including phenoxy) is 1. The second kappa shape index (κ2) is 8.26. The molecule has 150 valence electrons. The number of morpholine rings is 1. The molecule has 2 aliphatic heterocycles. The van der Waals surface area contributed by atoms with Gasteiger partial charge in [-0.25, -0.2) is 9.97 Å². The van der Waals surface area contributed by atoms with E-state index in [0.29, 0.717) is 11.6 Å². The summed E-state index contributed by atoms with van der Waals surface area (Å²) in [4.78, 5) is 26.6. The second-order valence-electron chi connectivity index (χ2n) is 7.44. The number of hydrogen-bond acceptors (Lipinski definition) is 6. The van der Waals surface area contributed by atoms with Gasteiger partial charge in [0, 0.05) is 57.1 Å². The molecule has 0 N–H and O–H groups in total. The molecule has 0 aliphatic carbocycles. The van der Waals surface area contributed by atoms with Crippen LogP contribution in [0.2, 0.25) is 0 Å². The Bertz CT molecular complexity index is 822. The van der Waals surface area contributed by atoms with E-state index in [9.17, 15) is 4.79 Å². The van der Waals surface area contributed by atoms with Gasteiger partial charge in [-0.15, -0.1) is 0 Å². The summed E-state index contributed by atoms with van der Waals surface area (Å²) in [5.74, 6) is 2.28. The summed E-state index contributed by atoms with van der Waals surface area (Å²) in [6.45, 7) is 6.81. The highest BCUT2D eigenvalue weighted by atomic mass is 16.5. The van der Waals surface area contributed by atoms with Gasteiger partial charge in [0.1, 0.15) is 17.3 Å². The molecule has 4 heterocycles. The minimum Gasteiger partial charge on any atom is -0.378 e. The smallest absolute Gasteiger partial charge is 0.272 e. The molecule has 2 aromatic rings. The summed E-state index contributed by atoms with van der Waals surface area (Å²) >= 11 is 0. The highest BCUT2D eigenvalue weighted by Gasteiger charge is 2.28. The number of anilines is 1. The van der Waals surface area contributed by atoms with Crippen LogP contribution in [0.1, 0.15) is 47.7 Å². The number of aryl methyl sites for hydroxylation is 2. The fraction of sp³-hybridized carbons (Fsp3) is 0.600. The van der Waals surface area contributed by atoms with Gasteiger partial charge in [0.05, 0.1) is 13.2 Å². The zero-order chi connectivity index (χ0) is 19.5. The Kier molecular flexibility index (Phi) is 5.57. The number of rotatable bonds is 4. The number of carbonyl (C=O) groups is 1.